The molecule has 2 aromatic heterocycles. The van der Waals surface area contributed by atoms with Gasteiger partial charge in [0.1, 0.15) is 11.8 Å². The normalized spacial score (nSPS) is 10.6. The topological polar surface area (TPSA) is 56.2 Å². The molecule has 56 valence electrons. The van der Waals surface area contributed by atoms with Gasteiger partial charge in [0, 0.05) is 6.20 Å². The van der Waals surface area contributed by atoms with Crippen molar-refractivity contribution >= 4 is 11.3 Å². The molecule has 0 saturated carbocycles. The first-order valence-electron chi connectivity index (χ1n) is 3.33. The minimum absolute atomic E-state index is 0.530. The van der Waals surface area contributed by atoms with Crippen molar-refractivity contribution in [2.45, 2.75) is 6.92 Å². The number of nitrogens with zero attached hydrogens (tertiary/aromatic N) is 3. The second-order valence-electron chi connectivity index (χ2n) is 2.44. The van der Waals surface area contributed by atoms with Crippen molar-refractivity contribution in [1.29, 1.82) is 0 Å². The van der Waals surface area contributed by atoms with E-state index in [2.05, 4.69) is 10.1 Å². The first kappa shape index (κ1) is 6.15. The molecule has 0 unspecified atom stereocenters. The smallest absolute Gasteiger partial charge is 0.151 e. The summed E-state index contributed by atoms with van der Waals surface area (Å²) in [7, 11) is 0. The molecule has 0 saturated heterocycles. The Bertz CT molecular complexity index is 390. The molecule has 0 aliphatic carbocycles. The van der Waals surface area contributed by atoms with Crippen LogP contribution in [-0.2, 0) is 0 Å². The Kier molecular flexibility index (Phi) is 1.09. The molecule has 0 radical (unpaired) electrons. The van der Waals surface area contributed by atoms with Crippen LogP contribution in [0.15, 0.2) is 18.6 Å². The summed E-state index contributed by atoms with van der Waals surface area (Å²) in [4.78, 5) is 3.89. The monoisotopic (exact) mass is 148 g/mol. The Morgan fingerprint density at radius 2 is 2.36 bits per heavy atom. The number of nitrogen functional groups attached to an aromatic ring is 1. The van der Waals surface area contributed by atoms with Crippen molar-refractivity contribution in [3.63, 3.8) is 0 Å². The van der Waals surface area contributed by atoms with E-state index in [1.807, 2.05) is 19.2 Å². The van der Waals surface area contributed by atoms with Crippen LogP contribution in [0.4, 0.5) is 5.82 Å². The van der Waals surface area contributed by atoms with Crippen LogP contribution in [0.25, 0.3) is 5.52 Å². The van der Waals surface area contributed by atoms with E-state index in [1.54, 1.807) is 4.52 Å². The lowest BCUT2D eigenvalue weighted by Crippen LogP contribution is -1.98. The zero-order chi connectivity index (χ0) is 7.84. The first-order chi connectivity index (χ1) is 5.29. The lowest BCUT2D eigenvalue weighted by molar-refractivity contribution is 0.906. The van der Waals surface area contributed by atoms with E-state index in [1.165, 1.54) is 6.33 Å². The second kappa shape index (κ2) is 1.95. The van der Waals surface area contributed by atoms with Crippen LogP contribution >= 0.6 is 0 Å². The average Bonchev–Trinajstić information content (AvgIpc) is 2.34. The fraction of sp³-hybridized carbons (Fsp3) is 0.143. The highest BCUT2D eigenvalue weighted by molar-refractivity contribution is 5.69. The van der Waals surface area contributed by atoms with Gasteiger partial charge in [-0.25, -0.2) is 9.50 Å². The van der Waals surface area contributed by atoms with Gasteiger partial charge < -0.3 is 5.73 Å². The van der Waals surface area contributed by atoms with Gasteiger partial charge in [-0.1, -0.05) is 0 Å². The van der Waals surface area contributed by atoms with E-state index >= 15 is 0 Å². The Hall–Kier alpha value is -1.58. The van der Waals surface area contributed by atoms with E-state index < -0.39 is 0 Å². The standard InChI is InChI=1S/C7H8N4/c1-5-2-3-11-6(5)7(8)9-4-10-11/h2-4H,1H3,(H2,8,9,10). The quantitative estimate of drug-likeness (QED) is 0.595. The van der Waals surface area contributed by atoms with Crippen molar-refractivity contribution in [1.82, 2.24) is 14.6 Å². The largest absolute Gasteiger partial charge is 0.382 e. The molecule has 0 aliphatic rings. The predicted molar refractivity (Wildman–Crippen MR) is 42.1 cm³/mol. The van der Waals surface area contributed by atoms with Gasteiger partial charge in [0.05, 0.1) is 0 Å². The number of aryl methyl sites for hydroxylation is 1. The van der Waals surface area contributed by atoms with Crippen LogP contribution in [0.3, 0.4) is 0 Å². The number of aromatic nitrogens is 3. The summed E-state index contributed by atoms with van der Waals surface area (Å²) < 4.78 is 1.72. The van der Waals surface area contributed by atoms with Gasteiger partial charge in [-0.2, -0.15) is 5.10 Å². The number of anilines is 1. The molecular formula is C7H8N4. The number of fused-ring (bicyclic) bond motifs is 1. The molecular weight excluding hydrogens is 140 g/mol. The Morgan fingerprint density at radius 1 is 1.55 bits per heavy atom. The number of nitrogens with two attached hydrogens (primary N) is 1. The summed E-state index contributed by atoms with van der Waals surface area (Å²) in [6, 6.07) is 1.96. The second-order valence-corrected chi connectivity index (χ2v) is 2.44. The average molecular weight is 148 g/mol. The summed E-state index contributed by atoms with van der Waals surface area (Å²) in [6.07, 6.45) is 3.31. The van der Waals surface area contributed by atoms with Gasteiger partial charge in [-0.05, 0) is 18.6 Å². The van der Waals surface area contributed by atoms with E-state index in [-0.39, 0.29) is 0 Å². The number of hydrogen-bond acceptors (Lipinski definition) is 3. The van der Waals surface area contributed by atoms with Crippen molar-refractivity contribution < 1.29 is 0 Å². The van der Waals surface area contributed by atoms with Crippen LogP contribution in [-0.4, -0.2) is 14.6 Å². The molecule has 0 amide bonds. The molecule has 2 N–H and O–H groups in total. The minimum atomic E-state index is 0.530. The third-order valence-corrected chi connectivity index (χ3v) is 1.68. The Morgan fingerprint density at radius 3 is 3.09 bits per heavy atom. The van der Waals surface area contributed by atoms with Crippen LogP contribution in [0.5, 0.6) is 0 Å². The highest BCUT2D eigenvalue weighted by atomic mass is 15.2. The number of hydrogen-bond donors (Lipinski definition) is 1. The predicted octanol–water partition coefficient (Wildman–Crippen LogP) is 0.620. The van der Waals surface area contributed by atoms with Gasteiger partial charge in [0.2, 0.25) is 0 Å². The molecule has 0 bridgehead atoms. The molecule has 2 aromatic rings. The van der Waals surface area contributed by atoms with Crippen molar-refractivity contribution in [3.05, 3.63) is 24.2 Å². The van der Waals surface area contributed by atoms with Crippen LogP contribution in [0, 0.1) is 6.92 Å². The zero-order valence-corrected chi connectivity index (χ0v) is 6.15. The minimum Gasteiger partial charge on any atom is -0.382 e. The van der Waals surface area contributed by atoms with Gasteiger partial charge >= 0.3 is 0 Å². The van der Waals surface area contributed by atoms with Crippen molar-refractivity contribution in [2.24, 2.45) is 0 Å². The van der Waals surface area contributed by atoms with Gasteiger partial charge in [-0.3, -0.25) is 0 Å². The molecule has 0 aromatic carbocycles. The SMILES string of the molecule is Cc1ccn2ncnc(N)c12. The van der Waals surface area contributed by atoms with E-state index in [0.717, 1.165) is 11.1 Å². The number of rotatable bonds is 0. The fourth-order valence-corrected chi connectivity index (χ4v) is 1.14. The van der Waals surface area contributed by atoms with Crippen LogP contribution < -0.4 is 5.73 Å². The molecule has 0 fully saturated rings. The molecule has 2 rings (SSSR count). The van der Waals surface area contributed by atoms with Crippen LogP contribution in [0.2, 0.25) is 0 Å². The highest BCUT2D eigenvalue weighted by Crippen LogP contribution is 2.13. The summed E-state index contributed by atoms with van der Waals surface area (Å²) in [5, 5.41) is 3.99. The molecule has 4 nitrogen and oxygen atoms in total. The molecule has 4 heteroatoms. The maximum atomic E-state index is 5.63. The Balaban J connectivity index is 2.96. The van der Waals surface area contributed by atoms with Gasteiger partial charge in [0.15, 0.2) is 5.82 Å². The maximum absolute atomic E-state index is 5.63. The maximum Gasteiger partial charge on any atom is 0.151 e. The third-order valence-electron chi connectivity index (χ3n) is 1.68. The zero-order valence-electron chi connectivity index (χ0n) is 6.15. The first-order valence-corrected chi connectivity index (χ1v) is 3.33. The van der Waals surface area contributed by atoms with Gasteiger partial charge in [-0.15, -0.1) is 0 Å². The third kappa shape index (κ3) is 0.756. The highest BCUT2D eigenvalue weighted by Gasteiger charge is 2.01. The molecule has 0 aliphatic heterocycles. The Labute approximate surface area is 63.7 Å². The van der Waals surface area contributed by atoms with E-state index in [9.17, 15) is 0 Å². The summed E-state index contributed by atoms with van der Waals surface area (Å²) >= 11 is 0. The fourth-order valence-electron chi connectivity index (χ4n) is 1.14. The van der Waals surface area contributed by atoms with Crippen LogP contribution in [0.1, 0.15) is 5.56 Å². The molecule has 11 heavy (non-hydrogen) atoms. The van der Waals surface area contributed by atoms with Gasteiger partial charge in [0.25, 0.3) is 0 Å². The lowest BCUT2D eigenvalue weighted by Gasteiger charge is -1.96. The lowest BCUT2D eigenvalue weighted by atomic mass is 10.3. The van der Waals surface area contributed by atoms with E-state index in [0.29, 0.717) is 5.82 Å². The van der Waals surface area contributed by atoms with Crippen molar-refractivity contribution in [3.8, 4) is 0 Å². The molecule has 2 heterocycles. The van der Waals surface area contributed by atoms with Crippen molar-refractivity contribution in [2.75, 3.05) is 5.73 Å². The molecule has 0 spiro atoms. The molecule has 0 atom stereocenters. The van der Waals surface area contributed by atoms with E-state index in [4.69, 9.17) is 5.73 Å². The summed E-state index contributed by atoms with van der Waals surface area (Å²) in [6.45, 7) is 1.98. The summed E-state index contributed by atoms with van der Waals surface area (Å²) in [5.74, 6) is 0.530. The summed E-state index contributed by atoms with van der Waals surface area (Å²) in [5.41, 5.74) is 7.63.